The minimum Gasteiger partial charge on any atom is -0.211 e. The average molecular weight is 338 g/mol. The monoisotopic (exact) mass is 337 g/mol. The first-order valence-corrected chi connectivity index (χ1v) is 12.7. The van der Waals surface area contributed by atoms with Gasteiger partial charge in [0.1, 0.15) is 0 Å². The summed E-state index contributed by atoms with van der Waals surface area (Å²) in [5, 5.41) is 0. The van der Waals surface area contributed by atoms with Crippen molar-refractivity contribution in [2.24, 2.45) is 4.99 Å². The number of halogens is 2. The number of isocyanates is 1. The van der Waals surface area contributed by atoms with Crippen molar-refractivity contribution in [3.63, 3.8) is 0 Å². The van der Waals surface area contributed by atoms with E-state index in [1.165, 1.54) is 64.2 Å². The van der Waals surface area contributed by atoms with Gasteiger partial charge in [0, 0.05) is 0 Å². The van der Waals surface area contributed by atoms with E-state index in [0.29, 0.717) is 6.54 Å². The standard InChI is InChI=1S/C15H29Cl2NOSi/c1-20(16,17)14-12-10-8-6-4-2-3-5-7-9-11-13-18-15-19/h2-14H2,1H3. The maximum Gasteiger partial charge on any atom is 0.248 e. The summed E-state index contributed by atoms with van der Waals surface area (Å²) in [5.41, 5.74) is 0. The van der Waals surface area contributed by atoms with Gasteiger partial charge in [-0.2, -0.15) is 0 Å². The molecule has 2 nitrogen and oxygen atoms in total. The molecule has 0 aromatic carbocycles. The predicted octanol–water partition coefficient (Wildman–Crippen LogP) is 6.16. The molecule has 0 amide bonds. The fourth-order valence-corrected chi connectivity index (χ4v) is 3.94. The summed E-state index contributed by atoms with van der Waals surface area (Å²) in [7, 11) is 0. The van der Waals surface area contributed by atoms with Crippen LogP contribution in [-0.4, -0.2) is 19.3 Å². The highest BCUT2D eigenvalue weighted by Crippen LogP contribution is 2.23. The van der Waals surface area contributed by atoms with Gasteiger partial charge in [-0.3, -0.25) is 0 Å². The predicted molar refractivity (Wildman–Crippen MR) is 91.9 cm³/mol. The summed E-state index contributed by atoms with van der Waals surface area (Å²) >= 11 is 12.1. The molecule has 0 fully saturated rings. The van der Waals surface area contributed by atoms with E-state index >= 15 is 0 Å². The molecular weight excluding hydrogens is 309 g/mol. The van der Waals surface area contributed by atoms with Crippen LogP contribution in [0, 0.1) is 0 Å². The lowest BCUT2D eigenvalue weighted by atomic mass is 10.1. The summed E-state index contributed by atoms with van der Waals surface area (Å²) in [4.78, 5) is 13.4. The third-order valence-corrected chi connectivity index (χ3v) is 5.82. The molecule has 0 rings (SSSR count). The Kier molecular flexibility index (Phi) is 14.3. The molecule has 0 aliphatic rings. The Hall–Kier alpha value is 0.177. The number of hydrogen-bond acceptors (Lipinski definition) is 2. The smallest absolute Gasteiger partial charge is 0.211 e. The summed E-state index contributed by atoms with van der Waals surface area (Å²) in [6, 6.07) is 1.03. The van der Waals surface area contributed by atoms with E-state index in [1.807, 2.05) is 6.55 Å². The molecule has 0 N–H and O–H groups in total. The Morgan fingerprint density at radius 3 is 1.60 bits per heavy atom. The summed E-state index contributed by atoms with van der Waals surface area (Å²) < 4.78 is 0. The topological polar surface area (TPSA) is 29.4 Å². The molecule has 0 aromatic heterocycles. The van der Waals surface area contributed by atoms with Gasteiger partial charge >= 0.3 is 0 Å². The van der Waals surface area contributed by atoms with Gasteiger partial charge in [-0.15, -0.1) is 22.2 Å². The van der Waals surface area contributed by atoms with Crippen molar-refractivity contribution in [1.29, 1.82) is 0 Å². The molecule has 0 saturated heterocycles. The lowest BCUT2D eigenvalue weighted by molar-refractivity contribution is 0.547. The van der Waals surface area contributed by atoms with Crippen LogP contribution in [0.3, 0.4) is 0 Å². The SMILES string of the molecule is C[Si](Cl)(Cl)CCCCCCCCCCCCCN=C=O. The van der Waals surface area contributed by atoms with Crippen LogP contribution >= 0.6 is 22.2 Å². The first kappa shape index (κ1) is 20.2. The lowest BCUT2D eigenvalue weighted by Gasteiger charge is -2.09. The molecule has 0 aromatic rings. The zero-order chi connectivity index (χ0) is 15.1. The van der Waals surface area contributed by atoms with Gasteiger partial charge < -0.3 is 0 Å². The molecular formula is C15H29Cl2NOSi. The number of carbonyl (C=O) groups excluding carboxylic acids is 1. The molecule has 0 aliphatic heterocycles. The summed E-state index contributed by atoms with van der Waals surface area (Å²) in [6.45, 7) is 0.807. The van der Waals surface area contributed by atoms with E-state index in [-0.39, 0.29) is 0 Å². The van der Waals surface area contributed by atoms with Gasteiger partial charge in [0.05, 0.1) is 6.54 Å². The van der Waals surface area contributed by atoms with Crippen molar-refractivity contribution in [2.45, 2.75) is 83.2 Å². The van der Waals surface area contributed by atoms with Crippen molar-refractivity contribution in [2.75, 3.05) is 6.54 Å². The van der Waals surface area contributed by atoms with Crippen LogP contribution in [0.2, 0.25) is 12.6 Å². The molecule has 0 saturated carbocycles. The summed E-state index contributed by atoms with van der Waals surface area (Å²) in [6.07, 6.45) is 15.5. The second-order valence-electron chi connectivity index (χ2n) is 5.68. The van der Waals surface area contributed by atoms with Gasteiger partial charge in [-0.1, -0.05) is 64.2 Å². The first-order chi connectivity index (χ1) is 9.56. The van der Waals surface area contributed by atoms with Crippen LogP contribution in [-0.2, 0) is 4.79 Å². The Morgan fingerprint density at radius 2 is 1.20 bits per heavy atom. The molecule has 20 heavy (non-hydrogen) atoms. The highest BCUT2D eigenvalue weighted by atomic mass is 35.7. The van der Waals surface area contributed by atoms with E-state index in [4.69, 9.17) is 22.2 Å². The number of nitrogens with zero attached hydrogens (tertiary/aromatic N) is 1. The van der Waals surface area contributed by atoms with Crippen LogP contribution in [0.25, 0.3) is 0 Å². The van der Waals surface area contributed by atoms with Gasteiger partial charge in [0.2, 0.25) is 12.8 Å². The van der Waals surface area contributed by atoms with Crippen molar-refractivity contribution >= 4 is 34.9 Å². The lowest BCUT2D eigenvalue weighted by Crippen LogP contribution is -2.11. The largest absolute Gasteiger partial charge is 0.248 e. The minimum atomic E-state index is -1.84. The second kappa shape index (κ2) is 14.1. The van der Waals surface area contributed by atoms with Crippen LogP contribution in [0.4, 0.5) is 0 Å². The van der Waals surface area contributed by atoms with E-state index in [9.17, 15) is 4.79 Å². The molecule has 0 atom stereocenters. The van der Waals surface area contributed by atoms with Crippen LogP contribution < -0.4 is 0 Å². The first-order valence-electron chi connectivity index (χ1n) is 7.98. The van der Waals surface area contributed by atoms with Crippen molar-refractivity contribution in [3.05, 3.63) is 0 Å². The Balaban J connectivity index is 3.04. The number of unbranched alkanes of at least 4 members (excludes halogenated alkanes) is 10. The molecule has 5 heteroatoms. The maximum atomic E-state index is 9.85. The highest BCUT2D eigenvalue weighted by molar-refractivity contribution is 7.44. The number of rotatable bonds is 14. The molecule has 0 unspecified atom stereocenters. The van der Waals surface area contributed by atoms with Gasteiger partial charge in [-0.05, 0) is 19.0 Å². The van der Waals surface area contributed by atoms with E-state index in [1.54, 1.807) is 6.08 Å². The zero-order valence-electron chi connectivity index (χ0n) is 12.8. The molecule has 118 valence electrons. The van der Waals surface area contributed by atoms with E-state index < -0.39 is 6.69 Å². The zero-order valence-corrected chi connectivity index (χ0v) is 15.3. The molecule has 0 aliphatic carbocycles. The fraction of sp³-hybridized carbons (Fsp3) is 0.933. The van der Waals surface area contributed by atoms with Gasteiger partial charge in [0.15, 0.2) is 0 Å². The van der Waals surface area contributed by atoms with Gasteiger partial charge in [-0.25, -0.2) is 9.79 Å². The Bertz CT molecular complexity index is 263. The third-order valence-electron chi connectivity index (χ3n) is 3.45. The minimum absolute atomic E-state index is 0.649. The quantitative estimate of drug-likeness (QED) is 0.123. The van der Waals surface area contributed by atoms with E-state index in [0.717, 1.165) is 12.5 Å². The number of aliphatic imine (C=N–C) groups is 1. The van der Waals surface area contributed by atoms with Crippen molar-refractivity contribution in [1.82, 2.24) is 0 Å². The van der Waals surface area contributed by atoms with E-state index in [2.05, 4.69) is 4.99 Å². The Morgan fingerprint density at radius 1 is 0.800 bits per heavy atom. The fourth-order valence-electron chi connectivity index (χ4n) is 2.26. The summed E-state index contributed by atoms with van der Waals surface area (Å²) in [5.74, 6) is 0. The second-order valence-corrected chi connectivity index (χ2v) is 13.9. The molecule has 0 radical (unpaired) electrons. The Labute approximate surface area is 134 Å². The molecule has 0 heterocycles. The third kappa shape index (κ3) is 18.2. The molecule has 0 spiro atoms. The van der Waals surface area contributed by atoms with Gasteiger partial charge in [0.25, 0.3) is 0 Å². The van der Waals surface area contributed by atoms with Crippen molar-refractivity contribution in [3.8, 4) is 0 Å². The highest BCUT2D eigenvalue weighted by Gasteiger charge is 2.19. The normalized spacial score (nSPS) is 11.3. The molecule has 0 bridgehead atoms. The average Bonchev–Trinajstić information content (AvgIpc) is 2.38. The number of hydrogen-bond donors (Lipinski definition) is 0. The van der Waals surface area contributed by atoms with Crippen LogP contribution in [0.5, 0.6) is 0 Å². The maximum absolute atomic E-state index is 9.85. The van der Waals surface area contributed by atoms with Crippen LogP contribution in [0.1, 0.15) is 70.6 Å². The van der Waals surface area contributed by atoms with Crippen LogP contribution in [0.15, 0.2) is 4.99 Å². The van der Waals surface area contributed by atoms with Crippen molar-refractivity contribution < 1.29 is 4.79 Å².